The van der Waals surface area contributed by atoms with Crippen molar-refractivity contribution < 1.29 is 18.0 Å². The molecule has 0 bridgehead atoms. The summed E-state index contributed by atoms with van der Waals surface area (Å²) in [5.41, 5.74) is -0.365. The Morgan fingerprint density at radius 1 is 1.14 bits per heavy atom. The maximum absolute atomic E-state index is 13.1. The molecule has 10 heteroatoms. The SMILES string of the molecule is CN(C)C=C(C(=O)c1cccc(C(F)(F)F)c1)c1nnnn1-c1ccc(Br)cc1. The van der Waals surface area contributed by atoms with E-state index in [0.29, 0.717) is 5.69 Å². The van der Waals surface area contributed by atoms with Gasteiger partial charge < -0.3 is 4.90 Å². The highest BCUT2D eigenvalue weighted by Crippen LogP contribution is 2.31. The molecule has 3 aromatic rings. The number of hydrogen-bond donors (Lipinski definition) is 0. The number of nitrogens with zero attached hydrogens (tertiary/aromatic N) is 5. The minimum atomic E-state index is -4.55. The number of carbonyl (C=O) groups excluding carboxylic acids is 1. The van der Waals surface area contributed by atoms with Crippen LogP contribution in [0.5, 0.6) is 0 Å². The van der Waals surface area contributed by atoms with E-state index in [1.165, 1.54) is 23.0 Å². The van der Waals surface area contributed by atoms with Gasteiger partial charge in [0.2, 0.25) is 0 Å². The molecule has 0 aliphatic rings. The van der Waals surface area contributed by atoms with Crippen molar-refractivity contribution in [2.75, 3.05) is 14.1 Å². The molecule has 0 fully saturated rings. The lowest BCUT2D eigenvalue weighted by atomic mass is 10.0. The number of rotatable bonds is 5. The highest BCUT2D eigenvalue weighted by Gasteiger charge is 2.31. The summed E-state index contributed by atoms with van der Waals surface area (Å²) in [4.78, 5) is 14.7. The summed E-state index contributed by atoms with van der Waals surface area (Å²) >= 11 is 3.34. The number of halogens is 4. The topological polar surface area (TPSA) is 63.9 Å². The van der Waals surface area contributed by atoms with Gasteiger partial charge in [-0.3, -0.25) is 4.79 Å². The normalized spacial score (nSPS) is 12.1. The molecule has 2 aromatic carbocycles. The van der Waals surface area contributed by atoms with Gasteiger partial charge in [0.1, 0.15) is 0 Å². The van der Waals surface area contributed by atoms with Crippen molar-refractivity contribution in [3.8, 4) is 5.69 Å². The molecule has 0 saturated heterocycles. The predicted octanol–water partition coefficient (Wildman–Crippen LogP) is 4.23. The first-order chi connectivity index (χ1) is 13.7. The van der Waals surface area contributed by atoms with Crippen molar-refractivity contribution in [2.24, 2.45) is 0 Å². The molecule has 0 unspecified atom stereocenters. The Morgan fingerprint density at radius 2 is 1.83 bits per heavy atom. The maximum atomic E-state index is 13.1. The van der Waals surface area contributed by atoms with Crippen molar-refractivity contribution >= 4 is 27.3 Å². The zero-order chi connectivity index (χ0) is 21.2. The fourth-order valence-corrected chi connectivity index (χ4v) is 2.84. The molecule has 0 radical (unpaired) electrons. The van der Waals surface area contributed by atoms with E-state index in [2.05, 4.69) is 31.5 Å². The first kappa shape index (κ1) is 20.7. The van der Waals surface area contributed by atoms with E-state index in [0.717, 1.165) is 16.6 Å². The number of ketones is 1. The number of tetrazole rings is 1. The summed E-state index contributed by atoms with van der Waals surface area (Å²) in [6, 6.07) is 11.3. The van der Waals surface area contributed by atoms with Gasteiger partial charge in [0.25, 0.3) is 0 Å². The van der Waals surface area contributed by atoms with Gasteiger partial charge in [0.05, 0.1) is 16.8 Å². The van der Waals surface area contributed by atoms with Crippen LogP contribution < -0.4 is 0 Å². The molecule has 6 nitrogen and oxygen atoms in total. The lowest BCUT2D eigenvalue weighted by molar-refractivity contribution is -0.137. The first-order valence-electron chi connectivity index (χ1n) is 8.31. The monoisotopic (exact) mass is 465 g/mol. The summed E-state index contributed by atoms with van der Waals surface area (Å²) in [6.07, 6.45) is -3.08. The Labute approximate surface area is 172 Å². The lowest BCUT2D eigenvalue weighted by Crippen LogP contribution is -2.14. The zero-order valence-corrected chi connectivity index (χ0v) is 16.9. The minimum absolute atomic E-state index is 0.0576. The molecular formula is C19H15BrF3N5O. The number of aromatic nitrogens is 4. The number of carbonyl (C=O) groups is 1. The molecule has 0 atom stereocenters. The average molecular weight is 466 g/mol. The molecule has 0 saturated carbocycles. The number of Topliss-reactive ketones (excluding diaryl/α,β-unsaturated/α-hetero) is 1. The van der Waals surface area contributed by atoms with Crippen molar-refractivity contribution in [3.63, 3.8) is 0 Å². The maximum Gasteiger partial charge on any atom is 0.416 e. The summed E-state index contributed by atoms with van der Waals surface area (Å²) in [5, 5.41) is 11.5. The molecule has 0 aliphatic heterocycles. The first-order valence-corrected chi connectivity index (χ1v) is 9.11. The summed E-state index contributed by atoms with van der Waals surface area (Å²) in [7, 11) is 3.38. The second-order valence-electron chi connectivity index (χ2n) is 6.30. The van der Waals surface area contributed by atoms with Crippen molar-refractivity contribution in [1.82, 2.24) is 25.1 Å². The Bertz CT molecular complexity index is 1060. The van der Waals surface area contributed by atoms with Crippen LogP contribution in [0.1, 0.15) is 21.7 Å². The van der Waals surface area contributed by atoms with E-state index < -0.39 is 17.5 Å². The van der Waals surface area contributed by atoms with E-state index in [9.17, 15) is 18.0 Å². The predicted molar refractivity (Wildman–Crippen MR) is 104 cm³/mol. The fourth-order valence-electron chi connectivity index (χ4n) is 2.58. The molecule has 1 heterocycles. The Kier molecular flexibility index (Phi) is 5.83. The molecule has 1 aromatic heterocycles. The number of allylic oxidation sites excluding steroid dienone is 1. The standard InChI is InChI=1S/C19H15BrF3N5O/c1-27(2)11-16(17(29)12-4-3-5-13(10-12)19(21,22)23)18-24-25-26-28(18)15-8-6-14(20)7-9-15/h3-11H,1-2H3. The largest absolute Gasteiger partial charge is 0.416 e. The third-order valence-corrected chi connectivity index (χ3v) is 4.39. The second-order valence-corrected chi connectivity index (χ2v) is 7.22. The van der Waals surface area contributed by atoms with Crippen LogP contribution in [-0.4, -0.2) is 45.0 Å². The lowest BCUT2D eigenvalue weighted by Gasteiger charge is -2.13. The van der Waals surface area contributed by atoms with Gasteiger partial charge in [-0.1, -0.05) is 28.1 Å². The van der Waals surface area contributed by atoms with Crippen LogP contribution in [0.3, 0.4) is 0 Å². The van der Waals surface area contributed by atoms with E-state index >= 15 is 0 Å². The van der Waals surface area contributed by atoms with Crippen LogP contribution in [0.2, 0.25) is 0 Å². The minimum Gasteiger partial charge on any atom is -0.383 e. The third kappa shape index (κ3) is 4.70. The van der Waals surface area contributed by atoms with E-state index in [1.807, 2.05) is 0 Å². The zero-order valence-electron chi connectivity index (χ0n) is 15.4. The van der Waals surface area contributed by atoms with Crippen molar-refractivity contribution in [2.45, 2.75) is 6.18 Å². The quantitative estimate of drug-likeness (QED) is 0.416. The Morgan fingerprint density at radius 3 is 2.45 bits per heavy atom. The number of alkyl halides is 3. The van der Waals surface area contributed by atoms with Crippen molar-refractivity contribution in [1.29, 1.82) is 0 Å². The molecule has 0 N–H and O–H groups in total. The van der Waals surface area contributed by atoms with Crippen LogP contribution in [0.15, 0.2) is 59.2 Å². The van der Waals surface area contributed by atoms with Crippen LogP contribution in [0, 0.1) is 0 Å². The highest BCUT2D eigenvalue weighted by atomic mass is 79.9. The van der Waals surface area contributed by atoms with Gasteiger partial charge in [-0.25, -0.2) is 0 Å². The molecule has 3 rings (SSSR count). The van der Waals surface area contributed by atoms with Gasteiger partial charge in [-0.15, -0.1) is 5.10 Å². The second kappa shape index (κ2) is 8.16. The summed E-state index contributed by atoms with van der Waals surface area (Å²) in [5.74, 6) is -0.513. The fraction of sp³-hybridized carbons (Fsp3) is 0.158. The molecule has 0 amide bonds. The van der Waals surface area contributed by atoms with Gasteiger partial charge in [-0.2, -0.15) is 17.9 Å². The van der Waals surface area contributed by atoms with Crippen LogP contribution >= 0.6 is 15.9 Å². The molecule has 29 heavy (non-hydrogen) atoms. The van der Waals surface area contributed by atoms with Crippen molar-refractivity contribution in [3.05, 3.63) is 76.2 Å². The molecular weight excluding hydrogens is 451 g/mol. The van der Waals surface area contributed by atoms with Gasteiger partial charge >= 0.3 is 6.18 Å². The van der Waals surface area contributed by atoms with Crippen LogP contribution in [0.4, 0.5) is 13.2 Å². The van der Waals surface area contributed by atoms with E-state index in [4.69, 9.17) is 0 Å². The summed E-state index contributed by atoms with van der Waals surface area (Å²) < 4.78 is 41.4. The molecule has 0 aliphatic carbocycles. The van der Waals surface area contributed by atoms with Gasteiger partial charge in [0, 0.05) is 30.3 Å². The average Bonchev–Trinajstić information content (AvgIpc) is 3.15. The number of hydrogen-bond acceptors (Lipinski definition) is 5. The van der Waals surface area contributed by atoms with E-state index in [1.54, 1.807) is 43.3 Å². The number of benzene rings is 2. The molecule has 0 spiro atoms. The van der Waals surface area contributed by atoms with Gasteiger partial charge in [0.15, 0.2) is 11.6 Å². The molecule has 150 valence electrons. The smallest absolute Gasteiger partial charge is 0.383 e. The third-order valence-electron chi connectivity index (χ3n) is 3.87. The van der Waals surface area contributed by atoms with Crippen LogP contribution in [-0.2, 0) is 6.18 Å². The Balaban J connectivity index is 2.09. The van der Waals surface area contributed by atoms with Crippen LogP contribution in [0.25, 0.3) is 11.3 Å². The Hall–Kier alpha value is -3.01. The van der Waals surface area contributed by atoms with E-state index in [-0.39, 0.29) is 17.0 Å². The summed E-state index contributed by atoms with van der Waals surface area (Å²) in [6.45, 7) is 0. The highest BCUT2D eigenvalue weighted by molar-refractivity contribution is 9.10. The van der Waals surface area contributed by atoms with Gasteiger partial charge in [-0.05, 0) is 46.8 Å².